The topological polar surface area (TPSA) is 13.0 Å². The van der Waals surface area contributed by atoms with Crippen LogP contribution in [0, 0.1) is 0 Å². The van der Waals surface area contributed by atoms with Crippen molar-refractivity contribution in [1.82, 2.24) is 19.6 Å². The second-order valence-corrected chi connectivity index (χ2v) is 5.59. The number of hydrogen-bond donors (Lipinski definition) is 0. The Bertz CT molecular complexity index is 158. The molecular formula is C12H30N4. The van der Waals surface area contributed by atoms with Crippen LogP contribution in [0.25, 0.3) is 0 Å². The fourth-order valence-corrected chi connectivity index (χ4v) is 2.01. The Labute approximate surface area is 102 Å². The molecule has 4 nitrogen and oxygen atoms in total. The van der Waals surface area contributed by atoms with E-state index in [2.05, 4.69) is 76.0 Å². The van der Waals surface area contributed by atoms with Gasteiger partial charge in [0.1, 0.15) is 0 Å². The van der Waals surface area contributed by atoms with Crippen molar-refractivity contribution in [3.05, 3.63) is 0 Å². The van der Waals surface area contributed by atoms with Crippen LogP contribution in [0.4, 0.5) is 0 Å². The minimum absolute atomic E-state index is 0.549. The lowest BCUT2D eigenvalue weighted by atomic mass is 10.1. The van der Waals surface area contributed by atoms with Crippen molar-refractivity contribution in [2.75, 3.05) is 69.5 Å². The normalized spacial score (nSPS) is 16.5. The standard InChI is InChI=1S/C12H30N4/c1-13(2)9-11(15(5)6)12(16(7)8)10-14(3)4/h11-12H,9-10H2,1-8H3. The highest BCUT2D eigenvalue weighted by molar-refractivity contribution is 4.85. The molecule has 0 rings (SSSR count). The van der Waals surface area contributed by atoms with Gasteiger partial charge in [0.05, 0.1) is 0 Å². The second kappa shape index (κ2) is 7.22. The molecule has 0 aliphatic rings. The Kier molecular flexibility index (Phi) is 7.15. The SMILES string of the molecule is CN(C)CC(C(CN(C)C)N(C)C)N(C)C. The van der Waals surface area contributed by atoms with Crippen molar-refractivity contribution in [2.24, 2.45) is 0 Å². The predicted molar refractivity (Wildman–Crippen MR) is 72.1 cm³/mol. The predicted octanol–water partition coefficient (Wildman–Crippen LogP) is -0.0300. The summed E-state index contributed by atoms with van der Waals surface area (Å²) in [5.41, 5.74) is 0. The molecule has 0 saturated carbocycles. The molecule has 0 aromatic rings. The van der Waals surface area contributed by atoms with Gasteiger partial charge in [0, 0.05) is 25.2 Å². The molecule has 0 heterocycles. The van der Waals surface area contributed by atoms with Crippen LogP contribution in [0.5, 0.6) is 0 Å². The molecule has 0 aromatic carbocycles. The van der Waals surface area contributed by atoms with Crippen LogP contribution in [0.2, 0.25) is 0 Å². The Morgan fingerprint density at radius 1 is 0.562 bits per heavy atom. The van der Waals surface area contributed by atoms with E-state index in [9.17, 15) is 0 Å². The van der Waals surface area contributed by atoms with Gasteiger partial charge in [0.25, 0.3) is 0 Å². The maximum atomic E-state index is 2.33. The van der Waals surface area contributed by atoms with E-state index in [1.54, 1.807) is 0 Å². The zero-order chi connectivity index (χ0) is 12.9. The lowest BCUT2D eigenvalue weighted by Gasteiger charge is -2.39. The average Bonchev–Trinajstić information content (AvgIpc) is 2.09. The highest BCUT2D eigenvalue weighted by Gasteiger charge is 2.26. The van der Waals surface area contributed by atoms with Gasteiger partial charge < -0.3 is 19.6 Å². The lowest BCUT2D eigenvalue weighted by molar-refractivity contribution is 0.103. The second-order valence-electron chi connectivity index (χ2n) is 5.59. The molecule has 0 bridgehead atoms. The van der Waals surface area contributed by atoms with Crippen molar-refractivity contribution in [2.45, 2.75) is 12.1 Å². The van der Waals surface area contributed by atoms with Gasteiger partial charge in [-0.2, -0.15) is 0 Å². The molecule has 0 amide bonds. The summed E-state index contributed by atoms with van der Waals surface area (Å²) < 4.78 is 0. The molecule has 98 valence electrons. The van der Waals surface area contributed by atoms with E-state index >= 15 is 0 Å². The van der Waals surface area contributed by atoms with Crippen LogP contribution in [0.1, 0.15) is 0 Å². The first-order valence-electron chi connectivity index (χ1n) is 5.88. The Balaban J connectivity index is 4.66. The molecule has 0 aliphatic carbocycles. The molecule has 2 atom stereocenters. The zero-order valence-electron chi connectivity index (χ0n) is 12.4. The van der Waals surface area contributed by atoms with Gasteiger partial charge >= 0.3 is 0 Å². The molecule has 0 aromatic heterocycles. The molecule has 0 aliphatic heterocycles. The molecular weight excluding hydrogens is 200 g/mol. The van der Waals surface area contributed by atoms with Crippen molar-refractivity contribution in [3.8, 4) is 0 Å². The van der Waals surface area contributed by atoms with Crippen LogP contribution in [0.3, 0.4) is 0 Å². The lowest BCUT2D eigenvalue weighted by Crippen LogP contribution is -2.55. The summed E-state index contributed by atoms with van der Waals surface area (Å²) in [6.07, 6.45) is 0. The van der Waals surface area contributed by atoms with Gasteiger partial charge in [0.15, 0.2) is 0 Å². The Hall–Kier alpha value is -0.160. The zero-order valence-corrected chi connectivity index (χ0v) is 12.4. The van der Waals surface area contributed by atoms with Gasteiger partial charge in [-0.1, -0.05) is 0 Å². The molecule has 0 N–H and O–H groups in total. The van der Waals surface area contributed by atoms with Crippen LogP contribution in [-0.2, 0) is 0 Å². The van der Waals surface area contributed by atoms with Gasteiger partial charge in [-0.15, -0.1) is 0 Å². The van der Waals surface area contributed by atoms with Crippen LogP contribution < -0.4 is 0 Å². The Morgan fingerprint density at radius 3 is 0.938 bits per heavy atom. The van der Waals surface area contributed by atoms with Crippen LogP contribution >= 0.6 is 0 Å². The van der Waals surface area contributed by atoms with E-state index in [0.717, 1.165) is 13.1 Å². The fourth-order valence-electron chi connectivity index (χ4n) is 2.01. The van der Waals surface area contributed by atoms with Crippen molar-refractivity contribution < 1.29 is 0 Å². The molecule has 0 radical (unpaired) electrons. The van der Waals surface area contributed by atoms with Gasteiger partial charge in [0.2, 0.25) is 0 Å². The number of rotatable bonds is 7. The molecule has 4 heteroatoms. The summed E-state index contributed by atoms with van der Waals surface area (Å²) in [7, 11) is 17.2. The highest BCUT2D eigenvalue weighted by Crippen LogP contribution is 2.08. The third-order valence-corrected chi connectivity index (χ3v) is 2.88. The van der Waals surface area contributed by atoms with Crippen molar-refractivity contribution in [3.63, 3.8) is 0 Å². The monoisotopic (exact) mass is 230 g/mol. The minimum atomic E-state index is 0.549. The van der Waals surface area contributed by atoms with E-state index in [1.165, 1.54) is 0 Å². The van der Waals surface area contributed by atoms with Crippen LogP contribution in [0.15, 0.2) is 0 Å². The van der Waals surface area contributed by atoms with E-state index in [1.807, 2.05) is 0 Å². The van der Waals surface area contributed by atoms with Crippen molar-refractivity contribution in [1.29, 1.82) is 0 Å². The van der Waals surface area contributed by atoms with Crippen LogP contribution in [-0.4, -0.2) is 101 Å². The van der Waals surface area contributed by atoms with Gasteiger partial charge in [-0.25, -0.2) is 0 Å². The third kappa shape index (κ3) is 5.80. The summed E-state index contributed by atoms with van der Waals surface area (Å²) in [6, 6.07) is 1.10. The highest BCUT2D eigenvalue weighted by atomic mass is 15.3. The van der Waals surface area contributed by atoms with Gasteiger partial charge in [-0.05, 0) is 56.4 Å². The fraction of sp³-hybridized carbons (Fsp3) is 1.00. The van der Waals surface area contributed by atoms with E-state index in [0.29, 0.717) is 12.1 Å². The number of nitrogens with zero attached hydrogens (tertiary/aromatic N) is 4. The summed E-state index contributed by atoms with van der Waals surface area (Å²) >= 11 is 0. The molecule has 2 unspecified atom stereocenters. The largest absolute Gasteiger partial charge is 0.308 e. The summed E-state index contributed by atoms with van der Waals surface area (Å²) in [6.45, 7) is 2.17. The first-order valence-corrected chi connectivity index (χ1v) is 5.88. The van der Waals surface area contributed by atoms with Gasteiger partial charge in [-0.3, -0.25) is 0 Å². The average molecular weight is 230 g/mol. The smallest absolute Gasteiger partial charge is 0.0384 e. The minimum Gasteiger partial charge on any atom is -0.308 e. The van der Waals surface area contributed by atoms with E-state index < -0.39 is 0 Å². The first-order chi connectivity index (χ1) is 7.25. The quantitative estimate of drug-likeness (QED) is 0.609. The maximum absolute atomic E-state index is 2.33. The van der Waals surface area contributed by atoms with Crippen molar-refractivity contribution >= 4 is 0 Å². The van der Waals surface area contributed by atoms with E-state index in [4.69, 9.17) is 0 Å². The third-order valence-electron chi connectivity index (χ3n) is 2.88. The summed E-state index contributed by atoms with van der Waals surface area (Å²) in [5, 5.41) is 0. The van der Waals surface area contributed by atoms with E-state index in [-0.39, 0.29) is 0 Å². The number of likely N-dealkylation sites (N-methyl/N-ethyl adjacent to an activating group) is 4. The molecule has 0 saturated heterocycles. The molecule has 0 spiro atoms. The summed E-state index contributed by atoms with van der Waals surface area (Å²) in [4.78, 5) is 9.18. The molecule has 16 heavy (non-hydrogen) atoms. The number of hydrogen-bond acceptors (Lipinski definition) is 4. The maximum Gasteiger partial charge on any atom is 0.0384 e. The first kappa shape index (κ1) is 15.8. The summed E-state index contributed by atoms with van der Waals surface area (Å²) in [5.74, 6) is 0. The Morgan fingerprint density at radius 2 is 0.812 bits per heavy atom. The molecule has 0 fully saturated rings.